The highest BCUT2D eigenvalue weighted by atomic mass is 35.5. The zero-order chi connectivity index (χ0) is 23.9. The van der Waals surface area contributed by atoms with Gasteiger partial charge in [-0.15, -0.1) is 11.7 Å². The minimum Gasteiger partial charge on any atom is -0.439 e. The molecule has 1 heterocycles. The topological polar surface area (TPSA) is 69.0 Å². The molecular weight excluding hydrogens is 471 g/mol. The Morgan fingerprint density at radius 3 is 2.41 bits per heavy atom. The minimum absolute atomic E-state index is 0.324. The van der Waals surface area contributed by atoms with Crippen LogP contribution in [0.25, 0.3) is 5.69 Å². The first kappa shape index (κ1) is 23.5. The van der Waals surface area contributed by atoms with Gasteiger partial charge in [0, 0.05) is 11.6 Å². The normalized spacial score (nSPS) is 12.5. The first-order valence-electron chi connectivity index (χ1n) is 10.6. The van der Waals surface area contributed by atoms with Crippen LogP contribution in [0, 0.1) is 0 Å². The summed E-state index contributed by atoms with van der Waals surface area (Å²) in [4.78, 5) is 13.0. The number of benzene rings is 3. The number of aromatic nitrogens is 3. The number of hydrogen-bond acceptors (Lipinski definition) is 4. The van der Waals surface area contributed by atoms with Gasteiger partial charge in [0.2, 0.25) is 0 Å². The van der Waals surface area contributed by atoms with Crippen LogP contribution in [0.3, 0.4) is 0 Å². The Hall–Kier alpha value is -3.61. The monoisotopic (exact) mass is 492 g/mol. The quantitative estimate of drug-likeness (QED) is 0.263. The molecule has 3 aromatic carbocycles. The van der Waals surface area contributed by atoms with E-state index in [4.69, 9.17) is 27.9 Å². The summed E-state index contributed by atoms with van der Waals surface area (Å²) in [5, 5.41) is 12.0. The van der Waals surface area contributed by atoms with E-state index < -0.39 is 12.2 Å². The molecule has 0 aliphatic carbocycles. The fourth-order valence-electron chi connectivity index (χ4n) is 3.70. The van der Waals surface area contributed by atoms with E-state index in [1.165, 1.54) is 0 Å². The summed E-state index contributed by atoms with van der Waals surface area (Å²) in [6.45, 7) is 3.90. The van der Waals surface area contributed by atoms with Gasteiger partial charge in [-0.05, 0) is 48.4 Å². The van der Waals surface area contributed by atoms with Crippen molar-refractivity contribution in [2.75, 3.05) is 5.32 Å². The maximum absolute atomic E-state index is 13.0. The Balaban J connectivity index is 1.75. The fraction of sp³-hybridized carbons (Fsp3) is 0.115. The van der Waals surface area contributed by atoms with E-state index in [2.05, 4.69) is 22.2 Å². The number of carbonyl (C=O) groups is 1. The van der Waals surface area contributed by atoms with Crippen molar-refractivity contribution in [3.63, 3.8) is 0 Å². The lowest BCUT2D eigenvalue weighted by Gasteiger charge is -2.27. The number of nitrogens with zero attached hydrogens (tertiary/aromatic N) is 3. The number of amides is 1. The zero-order valence-corrected chi connectivity index (χ0v) is 19.7. The van der Waals surface area contributed by atoms with Crippen LogP contribution in [0.4, 0.5) is 10.5 Å². The van der Waals surface area contributed by atoms with Crippen molar-refractivity contribution in [3.8, 4) is 5.69 Å². The van der Waals surface area contributed by atoms with Crippen molar-refractivity contribution < 1.29 is 9.53 Å². The van der Waals surface area contributed by atoms with Crippen LogP contribution in [-0.4, -0.2) is 21.1 Å². The van der Waals surface area contributed by atoms with Crippen LogP contribution >= 0.6 is 23.2 Å². The predicted molar refractivity (Wildman–Crippen MR) is 135 cm³/mol. The second-order valence-corrected chi connectivity index (χ2v) is 8.34. The molecule has 2 unspecified atom stereocenters. The molecule has 0 saturated carbocycles. The molecule has 1 aromatic heterocycles. The van der Waals surface area contributed by atoms with Crippen molar-refractivity contribution in [3.05, 3.63) is 119 Å². The smallest absolute Gasteiger partial charge is 0.412 e. The Kier molecular flexibility index (Phi) is 7.62. The van der Waals surface area contributed by atoms with Crippen LogP contribution in [0.5, 0.6) is 0 Å². The molecule has 0 aliphatic rings. The van der Waals surface area contributed by atoms with E-state index in [1.54, 1.807) is 41.2 Å². The number of carbonyl (C=O) groups excluding carboxylic acids is 1. The molecule has 1 N–H and O–H groups in total. The zero-order valence-electron chi connectivity index (χ0n) is 18.1. The van der Waals surface area contributed by atoms with Crippen molar-refractivity contribution in [2.24, 2.45) is 0 Å². The minimum atomic E-state index is -0.755. The number of anilines is 1. The molecule has 0 aliphatic heterocycles. The molecule has 8 heteroatoms. The third-order valence-electron chi connectivity index (χ3n) is 5.28. The molecule has 0 saturated heterocycles. The maximum atomic E-state index is 13.0. The van der Waals surface area contributed by atoms with Gasteiger partial charge in [-0.2, -0.15) is 0 Å². The van der Waals surface area contributed by atoms with Crippen molar-refractivity contribution in [2.45, 2.75) is 18.4 Å². The number of allylic oxidation sites excluding steroid dienone is 1. The van der Waals surface area contributed by atoms with Gasteiger partial charge in [-0.3, -0.25) is 5.32 Å². The second-order valence-electron chi connectivity index (χ2n) is 7.53. The van der Waals surface area contributed by atoms with Gasteiger partial charge < -0.3 is 4.74 Å². The summed E-state index contributed by atoms with van der Waals surface area (Å²) >= 11 is 12.5. The van der Waals surface area contributed by atoms with Crippen LogP contribution in [0.1, 0.15) is 29.7 Å². The lowest BCUT2D eigenvalue weighted by atomic mass is 9.88. The summed E-state index contributed by atoms with van der Waals surface area (Å²) in [5.74, 6) is -0.324. The van der Waals surface area contributed by atoms with Gasteiger partial charge >= 0.3 is 6.09 Å². The van der Waals surface area contributed by atoms with Gasteiger partial charge in [-0.25, -0.2) is 9.48 Å². The standard InChI is InChI=1S/C26H22Cl2N4O2/c1-2-9-21(18-14-15-22(27)23(28)16-18)25(34-26(33)30-19-10-5-3-6-11-19)24-17-29-31-32(24)20-12-7-4-8-13-20/h2-8,10-17,21,25H,1,9H2,(H,30,33). The van der Waals surface area contributed by atoms with E-state index in [0.29, 0.717) is 27.8 Å². The molecule has 34 heavy (non-hydrogen) atoms. The highest BCUT2D eigenvalue weighted by molar-refractivity contribution is 6.42. The van der Waals surface area contributed by atoms with Gasteiger partial charge in [-0.1, -0.05) is 77.0 Å². The number of rotatable bonds is 8. The number of para-hydroxylation sites is 2. The van der Waals surface area contributed by atoms with Crippen molar-refractivity contribution in [1.29, 1.82) is 0 Å². The van der Waals surface area contributed by atoms with E-state index in [1.807, 2.05) is 54.6 Å². The molecule has 0 fully saturated rings. The van der Waals surface area contributed by atoms with E-state index in [0.717, 1.165) is 11.3 Å². The molecule has 0 spiro atoms. The summed E-state index contributed by atoms with van der Waals surface area (Å²) in [5.41, 5.74) is 2.86. The van der Waals surface area contributed by atoms with Crippen LogP contribution in [0.15, 0.2) is 97.7 Å². The lowest BCUT2D eigenvalue weighted by molar-refractivity contribution is 0.0891. The van der Waals surface area contributed by atoms with E-state index in [-0.39, 0.29) is 5.92 Å². The Morgan fingerprint density at radius 2 is 1.74 bits per heavy atom. The van der Waals surface area contributed by atoms with Crippen LogP contribution in [0.2, 0.25) is 10.0 Å². The van der Waals surface area contributed by atoms with E-state index in [9.17, 15) is 4.79 Å². The average Bonchev–Trinajstić information content (AvgIpc) is 3.34. The largest absolute Gasteiger partial charge is 0.439 e. The Bertz CT molecular complexity index is 1260. The summed E-state index contributed by atoms with van der Waals surface area (Å²) < 4.78 is 7.69. The molecular formula is C26H22Cl2N4O2. The lowest BCUT2D eigenvalue weighted by Crippen LogP contribution is -2.24. The fourth-order valence-corrected chi connectivity index (χ4v) is 4.00. The number of halogens is 2. The average molecular weight is 493 g/mol. The highest BCUT2D eigenvalue weighted by Crippen LogP contribution is 2.39. The summed E-state index contributed by atoms with van der Waals surface area (Å²) in [6, 6.07) is 24.0. The third kappa shape index (κ3) is 5.47. The third-order valence-corrected chi connectivity index (χ3v) is 6.02. The first-order valence-corrected chi connectivity index (χ1v) is 11.4. The molecule has 0 bridgehead atoms. The van der Waals surface area contributed by atoms with Crippen molar-refractivity contribution in [1.82, 2.24) is 15.0 Å². The molecule has 4 aromatic rings. The SMILES string of the molecule is C=CCC(c1ccc(Cl)c(Cl)c1)C(OC(=O)Nc1ccccc1)c1cnnn1-c1ccccc1. The molecule has 6 nitrogen and oxygen atoms in total. The molecule has 4 rings (SSSR count). The number of hydrogen-bond donors (Lipinski definition) is 1. The van der Waals surface area contributed by atoms with Gasteiger partial charge in [0.1, 0.15) is 5.69 Å². The molecule has 1 amide bonds. The molecule has 0 radical (unpaired) electrons. The van der Waals surface area contributed by atoms with Gasteiger partial charge in [0.15, 0.2) is 6.10 Å². The number of ether oxygens (including phenoxy) is 1. The van der Waals surface area contributed by atoms with Crippen LogP contribution in [-0.2, 0) is 4.74 Å². The van der Waals surface area contributed by atoms with E-state index >= 15 is 0 Å². The maximum Gasteiger partial charge on any atom is 0.412 e. The van der Waals surface area contributed by atoms with Crippen molar-refractivity contribution >= 4 is 35.0 Å². The summed E-state index contributed by atoms with van der Waals surface area (Å²) in [7, 11) is 0. The highest BCUT2D eigenvalue weighted by Gasteiger charge is 2.32. The van der Waals surface area contributed by atoms with Gasteiger partial charge in [0.25, 0.3) is 0 Å². The first-order chi connectivity index (χ1) is 16.6. The van der Waals surface area contributed by atoms with Crippen LogP contribution < -0.4 is 5.32 Å². The van der Waals surface area contributed by atoms with Gasteiger partial charge in [0.05, 0.1) is 21.9 Å². The summed E-state index contributed by atoms with van der Waals surface area (Å²) in [6.07, 6.45) is 2.51. The Labute approximate surface area is 207 Å². The Morgan fingerprint density at radius 1 is 1.03 bits per heavy atom. The molecule has 172 valence electrons. The number of nitrogens with one attached hydrogen (secondary N) is 1. The predicted octanol–water partition coefficient (Wildman–Crippen LogP) is 7.22. The molecule has 2 atom stereocenters. The second kappa shape index (κ2) is 11.0.